The monoisotopic (exact) mass is 301 g/mol. The summed E-state index contributed by atoms with van der Waals surface area (Å²) in [6.45, 7) is -0.498. The van der Waals surface area contributed by atoms with Crippen molar-refractivity contribution in [3.8, 4) is 0 Å². The first kappa shape index (κ1) is 15.2. The Kier molecular flexibility index (Phi) is 4.81. The first-order chi connectivity index (χ1) is 10.6. The van der Waals surface area contributed by atoms with Crippen molar-refractivity contribution < 1.29 is 23.7 Å². The van der Waals surface area contributed by atoms with Crippen LogP contribution in [0.3, 0.4) is 0 Å². The van der Waals surface area contributed by atoms with Gasteiger partial charge in [-0.05, 0) is 18.2 Å². The maximum Gasteiger partial charge on any atom is 0.331 e. The van der Waals surface area contributed by atoms with Crippen molar-refractivity contribution in [2.75, 3.05) is 6.61 Å². The van der Waals surface area contributed by atoms with Crippen LogP contribution >= 0.6 is 0 Å². The van der Waals surface area contributed by atoms with Crippen molar-refractivity contribution in [1.29, 1.82) is 0 Å². The van der Waals surface area contributed by atoms with Crippen LogP contribution in [0.4, 0.5) is 5.69 Å². The number of ketones is 1. The average molecular weight is 301 g/mol. The average Bonchev–Trinajstić information content (AvgIpc) is 3.04. The van der Waals surface area contributed by atoms with Gasteiger partial charge < -0.3 is 9.15 Å². The summed E-state index contributed by atoms with van der Waals surface area (Å²) in [5, 5.41) is 10.6. The van der Waals surface area contributed by atoms with E-state index in [0.29, 0.717) is 5.76 Å². The van der Waals surface area contributed by atoms with E-state index in [9.17, 15) is 19.7 Å². The van der Waals surface area contributed by atoms with E-state index in [1.165, 1.54) is 30.5 Å². The predicted octanol–water partition coefficient (Wildman–Crippen LogP) is 2.63. The van der Waals surface area contributed by atoms with Crippen molar-refractivity contribution in [3.63, 3.8) is 0 Å². The number of esters is 1. The maximum absolute atomic E-state index is 11.8. The van der Waals surface area contributed by atoms with Gasteiger partial charge in [-0.25, -0.2) is 4.79 Å². The summed E-state index contributed by atoms with van der Waals surface area (Å²) in [6.07, 6.45) is 3.98. The second-order valence-corrected chi connectivity index (χ2v) is 4.19. The predicted molar refractivity (Wildman–Crippen MR) is 76.1 cm³/mol. The lowest BCUT2D eigenvalue weighted by Crippen LogP contribution is -2.12. The molecule has 22 heavy (non-hydrogen) atoms. The lowest BCUT2D eigenvalue weighted by atomic mass is 10.1. The third-order valence-corrected chi connectivity index (χ3v) is 2.65. The Bertz CT molecular complexity index is 717. The van der Waals surface area contributed by atoms with Crippen LogP contribution in [0.25, 0.3) is 6.08 Å². The molecule has 7 heteroatoms. The van der Waals surface area contributed by atoms with E-state index in [2.05, 4.69) is 0 Å². The van der Waals surface area contributed by atoms with Gasteiger partial charge >= 0.3 is 5.97 Å². The van der Waals surface area contributed by atoms with Crippen LogP contribution in [-0.4, -0.2) is 23.3 Å². The number of carbonyl (C=O) groups is 2. The molecule has 0 saturated carbocycles. The summed E-state index contributed by atoms with van der Waals surface area (Å²) in [5.74, 6) is -0.763. The molecule has 0 saturated heterocycles. The lowest BCUT2D eigenvalue weighted by molar-refractivity contribution is -0.384. The van der Waals surface area contributed by atoms with Crippen LogP contribution in [0.15, 0.2) is 53.2 Å². The van der Waals surface area contributed by atoms with E-state index in [4.69, 9.17) is 9.15 Å². The number of hydrogen-bond donors (Lipinski definition) is 0. The van der Waals surface area contributed by atoms with Gasteiger partial charge in [0.2, 0.25) is 5.78 Å². The van der Waals surface area contributed by atoms with Crippen molar-refractivity contribution in [2.24, 2.45) is 0 Å². The summed E-state index contributed by atoms with van der Waals surface area (Å²) in [5.41, 5.74) is -0.0908. The smallest absolute Gasteiger partial charge is 0.331 e. The zero-order valence-corrected chi connectivity index (χ0v) is 11.3. The molecule has 0 radical (unpaired) electrons. The molecule has 0 atom stereocenters. The van der Waals surface area contributed by atoms with Gasteiger partial charge in [0.1, 0.15) is 5.76 Å². The van der Waals surface area contributed by atoms with Gasteiger partial charge in [-0.2, -0.15) is 0 Å². The molecule has 1 aromatic carbocycles. The standard InChI is InChI=1S/C15H11NO6/c17-14(11-3-1-4-12(9-11)16(19)20)10-22-15(18)7-6-13-5-2-8-21-13/h1-9H,10H2/b7-6+. The summed E-state index contributed by atoms with van der Waals surface area (Å²) >= 11 is 0. The van der Waals surface area contributed by atoms with Crippen molar-refractivity contribution in [2.45, 2.75) is 0 Å². The normalized spacial score (nSPS) is 10.5. The summed E-state index contributed by atoms with van der Waals surface area (Å²) in [4.78, 5) is 33.3. The quantitative estimate of drug-likeness (QED) is 0.267. The second-order valence-electron chi connectivity index (χ2n) is 4.19. The Morgan fingerprint density at radius 3 is 2.77 bits per heavy atom. The molecule has 0 unspecified atom stereocenters. The highest BCUT2D eigenvalue weighted by atomic mass is 16.6. The minimum Gasteiger partial charge on any atom is -0.465 e. The number of furan rings is 1. The van der Waals surface area contributed by atoms with Gasteiger partial charge in [0.15, 0.2) is 6.61 Å². The number of nitro benzene ring substituents is 1. The lowest BCUT2D eigenvalue weighted by Gasteiger charge is -2.01. The molecule has 2 rings (SSSR count). The Morgan fingerprint density at radius 1 is 1.27 bits per heavy atom. The van der Waals surface area contributed by atoms with Crippen LogP contribution in [0.2, 0.25) is 0 Å². The number of non-ortho nitro benzene ring substituents is 1. The molecule has 1 aromatic heterocycles. The van der Waals surface area contributed by atoms with Gasteiger partial charge in [0.05, 0.1) is 11.2 Å². The first-order valence-electron chi connectivity index (χ1n) is 6.22. The van der Waals surface area contributed by atoms with Crippen LogP contribution in [0.5, 0.6) is 0 Å². The van der Waals surface area contributed by atoms with E-state index >= 15 is 0 Å². The van der Waals surface area contributed by atoms with Crippen molar-refractivity contribution in [1.82, 2.24) is 0 Å². The summed E-state index contributed by atoms with van der Waals surface area (Å²) in [7, 11) is 0. The van der Waals surface area contributed by atoms with Crippen LogP contribution in [0.1, 0.15) is 16.1 Å². The molecule has 0 amide bonds. The largest absolute Gasteiger partial charge is 0.465 e. The highest BCUT2D eigenvalue weighted by Gasteiger charge is 2.12. The number of nitrogens with zero attached hydrogens (tertiary/aromatic N) is 1. The Balaban J connectivity index is 1.91. The van der Waals surface area contributed by atoms with Gasteiger partial charge in [-0.15, -0.1) is 0 Å². The van der Waals surface area contributed by atoms with E-state index in [1.54, 1.807) is 12.1 Å². The number of ether oxygens (including phenoxy) is 1. The third-order valence-electron chi connectivity index (χ3n) is 2.65. The van der Waals surface area contributed by atoms with E-state index in [0.717, 1.165) is 12.1 Å². The summed E-state index contributed by atoms with van der Waals surface area (Å²) < 4.78 is 9.76. The number of Topliss-reactive ketones (excluding diaryl/α,β-unsaturated/α-hetero) is 1. The Labute approximate surface area is 125 Å². The molecule has 2 aromatic rings. The van der Waals surface area contributed by atoms with E-state index in [-0.39, 0.29) is 11.3 Å². The molecular formula is C15H11NO6. The zero-order chi connectivity index (χ0) is 15.9. The third kappa shape index (κ3) is 4.14. The fourth-order valence-electron chi connectivity index (χ4n) is 1.60. The number of nitro groups is 1. The van der Waals surface area contributed by atoms with Gasteiger partial charge in [0.25, 0.3) is 5.69 Å². The first-order valence-corrected chi connectivity index (χ1v) is 6.22. The highest BCUT2D eigenvalue weighted by Crippen LogP contribution is 2.13. The topological polar surface area (TPSA) is 99.7 Å². The van der Waals surface area contributed by atoms with Gasteiger partial charge in [-0.1, -0.05) is 12.1 Å². The fraction of sp³-hybridized carbons (Fsp3) is 0.0667. The Morgan fingerprint density at radius 2 is 2.09 bits per heavy atom. The molecule has 0 aliphatic rings. The molecule has 0 spiro atoms. The zero-order valence-electron chi connectivity index (χ0n) is 11.3. The highest BCUT2D eigenvalue weighted by molar-refractivity contribution is 5.99. The maximum atomic E-state index is 11.8. The van der Waals surface area contributed by atoms with Crippen LogP contribution in [-0.2, 0) is 9.53 Å². The van der Waals surface area contributed by atoms with Gasteiger partial charge in [-0.3, -0.25) is 14.9 Å². The number of rotatable bonds is 6. The molecule has 0 aliphatic heterocycles. The molecule has 0 bridgehead atoms. The minimum atomic E-state index is -0.713. The van der Waals surface area contributed by atoms with Crippen molar-refractivity contribution in [3.05, 3.63) is 70.2 Å². The molecule has 0 aliphatic carbocycles. The number of carbonyl (C=O) groups excluding carboxylic acids is 2. The number of benzene rings is 1. The second kappa shape index (κ2) is 6.98. The van der Waals surface area contributed by atoms with E-state index in [1.807, 2.05) is 0 Å². The SMILES string of the molecule is O=C(/C=C/c1ccco1)OCC(=O)c1cccc([N+](=O)[O-])c1. The molecule has 7 nitrogen and oxygen atoms in total. The van der Waals surface area contributed by atoms with Crippen LogP contribution < -0.4 is 0 Å². The van der Waals surface area contributed by atoms with E-state index < -0.39 is 23.3 Å². The molecular weight excluding hydrogens is 290 g/mol. The minimum absolute atomic E-state index is 0.108. The molecule has 0 N–H and O–H groups in total. The van der Waals surface area contributed by atoms with Gasteiger partial charge in [0, 0.05) is 23.8 Å². The molecule has 1 heterocycles. The molecule has 112 valence electrons. The van der Waals surface area contributed by atoms with Crippen molar-refractivity contribution >= 4 is 23.5 Å². The Hall–Kier alpha value is -3.22. The summed E-state index contributed by atoms with van der Waals surface area (Å²) in [6, 6.07) is 8.53. The number of hydrogen-bond acceptors (Lipinski definition) is 6. The van der Waals surface area contributed by atoms with Crippen LogP contribution in [0, 0.1) is 10.1 Å². The fourth-order valence-corrected chi connectivity index (χ4v) is 1.60. The molecule has 0 fully saturated rings.